The number of hydrogen-bond acceptors (Lipinski definition) is 6. The predicted octanol–water partition coefficient (Wildman–Crippen LogP) is 1.61. The number of hydrogen-bond donors (Lipinski definition) is 0. The molecule has 0 spiro atoms. The summed E-state index contributed by atoms with van der Waals surface area (Å²) >= 11 is 1.47. The Bertz CT molecular complexity index is 653. The van der Waals surface area contributed by atoms with Gasteiger partial charge in [-0.3, -0.25) is 4.79 Å². The summed E-state index contributed by atoms with van der Waals surface area (Å²) in [5.41, 5.74) is 0. The first-order valence-electron chi connectivity index (χ1n) is 7.31. The smallest absolute Gasteiger partial charge is 0.233 e. The molecule has 0 aromatic carbocycles. The summed E-state index contributed by atoms with van der Waals surface area (Å²) in [5, 5.41) is 4.85. The number of nitrogens with zero attached hydrogens (tertiary/aromatic N) is 5. The summed E-state index contributed by atoms with van der Waals surface area (Å²) in [5.74, 6) is 2.00. The Morgan fingerprint density at radius 1 is 1.55 bits per heavy atom. The number of carbonyl (C=O) groups excluding carboxylic acids is 1. The van der Waals surface area contributed by atoms with Gasteiger partial charge in [-0.25, -0.2) is 4.98 Å². The highest BCUT2D eigenvalue weighted by Crippen LogP contribution is 2.25. The number of imidazole rings is 1. The zero-order valence-electron chi connectivity index (χ0n) is 12.7. The molecule has 0 radical (unpaired) electrons. The van der Waals surface area contributed by atoms with E-state index in [1.165, 1.54) is 11.8 Å². The molecule has 1 saturated heterocycles. The monoisotopic (exact) mass is 321 g/mol. The molecular weight excluding hydrogens is 302 g/mol. The number of aromatic nitrogens is 4. The Morgan fingerprint density at radius 2 is 2.41 bits per heavy atom. The Hall–Kier alpha value is -1.83. The van der Waals surface area contributed by atoms with Crippen LogP contribution in [0.25, 0.3) is 0 Å². The summed E-state index contributed by atoms with van der Waals surface area (Å²) in [6.07, 6.45) is 5.58. The summed E-state index contributed by atoms with van der Waals surface area (Å²) in [4.78, 5) is 22.8. The van der Waals surface area contributed by atoms with Gasteiger partial charge in [0.05, 0.1) is 5.75 Å². The van der Waals surface area contributed by atoms with E-state index in [9.17, 15) is 4.79 Å². The molecule has 2 aromatic rings. The van der Waals surface area contributed by atoms with Crippen LogP contribution in [0.5, 0.6) is 0 Å². The number of carbonyl (C=O) groups is 1. The van der Waals surface area contributed by atoms with Crippen LogP contribution in [0.15, 0.2) is 22.1 Å². The van der Waals surface area contributed by atoms with Gasteiger partial charge in [-0.15, -0.1) is 0 Å². The van der Waals surface area contributed by atoms with E-state index in [0.717, 1.165) is 24.5 Å². The first-order chi connectivity index (χ1) is 10.6. The van der Waals surface area contributed by atoms with Gasteiger partial charge in [0, 0.05) is 45.4 Å². The van der Waals surface area contributed by atoms with E-state index < -0.39 is 0 Å². The maximum atomic E-state index is 12.4. The van der Waals surface area contributed by atoms with Crippen molar-refractivity contribution in [2.24, 2.45) is 7.05 Å². The van der Waals surface area contributed by atoms with Crippen molar-refractivity contribution in [2.45, 2.75) is 30.8 Å². The predicted molar refractivity (Wildman–Crippen MR) is 81.5 cm³/mol. The second-order valence-corrected chi connectivity index (χ2v) is 6.40. The standard InChI is InChI=1S/C14H19N5O2S/c1-10-16-13(17-21-10)11-4-3-6-19(8-11)12(20)9-22-14-15-5-7-18(14)2/h5,7,11H,3-4,6,8-9H2,1-2H3. The normalized spacial score (nSPS) is 18.6. The van der Waals surface area contributed by atoms with Crippen molar-refractivity contribution in [3.05, 3.63) is 24.1 Å². The molecule has 3 heterocycles. The number of piperidine rings is 1. The van der Waals surface area contributed by atoms with Crippen LogP contribution in [0.3, 0.4) is 0 Å². The minimum atomic E-state index is 0.137. The van der Waals surface area contributed by atoms with Crippen molar-refractivity contribution < 1.29 is 9.32 Å². The molecule has 22 heavy (non-hydrogen) atoms. The van der Waals surface area contributed by atoms with E-state index in [2.05, 4.69) is 15.1 Å². The van der Waals surface area contributed by atoms with Crippen molar-refractivity contribution in [1.29, 1.82) is 0 Å². The average Bonchev–Trinajstić information content (AvgIpc) is 3.13. The fourth-order valence-corrected chi connectivity index (χ4v) is 3.44. The fourth-order valence-electron chi connectivity index (χ4n) is 2.60. The maximum absolute atomic E-state index is 12.4. The summed E-state index contributed by atoms with van der Waals surface area (Å²) < 4.78 is 6.96. The van der Waals surface area contributed by atoms with Gasteiger partial charge in [-0.05, 0) is 12.8 Å². The van der Waals surface area contributed by atoms with Gasteiger partial charge in [0.1, 0.15) is 0 Å². The van der Waals surface area contributed by atoms with Gasteiger partial charge in [0.15, 0.2) is 11.0 Å². The maximum Gasteiger partial charge on any atom is 0.233 e. The van der Waals surface area contributed by atoms with Crippen LogP contribution < -0.4 is 0 Å². The molecular formula is C14H19N5O2S. The first kappa shape index (κ1) is 15.1. The van der Waals surface area contributed by atoms with E-state index in [1.54, 1.807) is 13.1 Å². The number of rotatable bonds is 4. The van der Waals surface area contributed by atoms with Crippen LogP contribution in [0.4, 0.5) is 0 Å². The van der Waals surface area contributed by atoms with Crippen LogP contribution in [0.2, 0.25) is 0 Å². The Balaban J connectivity index is 1.57. The summed E-state index contributed by atoms with van der Waals surface area (Å²) in [6, 6.07) is 0. The number of aryl methyl sites for hydroxylation is 2. The lowest BCUT2D eigenvalue weighted by Gasteiger charge is -2.31. The topological polar surface area (TPSA) is 77.1 Å². The molecule has 1 amide bonds. The van der Waals surface area contributed by atoms with Crippen molar-refractivity contribution in [3.63, 3.8) is 0 Å². The van der Waals surface area contributed by atoms with E-state index in [0.29, 0.717) is 24.0 Å². The average molecular weight is 321 g/mol. The molecule has 2 aromatic heterocycles. The van der Waals surface area contributed by atoms with Gasteiger partial charge in [0.25, 0.3) is 0 Å². The Kier molecular flexibility index (Phi) is 4.47. The Labute approximate surface area is 133 Å². The van der Waals surface area contributed by atoms with Crippen LogP contribution in [0, 0.1) is 6.92 Å². The molecule has 1 fully saturated rings. The van der Waals surface area contributed by atoms with Crippen LogP contribution in [-0.4, -0.2) is 49.3 Å². The molecule has 0 saturated carbocycles. The molecule has 1 atom stereocenters. The second-order valence-electron chi connectivity index (χ2n) is 5.46. The van der Waals surface area contributed by atoms with E-state index >= 15 is 0 Å². The van der Waals surface area contributed by atoms with E-state index in [1.807, 2.05) is 22.7 Å². The minimum Gasteiger partial charge on any atom is -0.341 e. The van der Waals surface area contributed by atoms with Gasteiger partial charge >= 0.3 is 0 Å². The summed E-state index contributed by atoms with van der Waals surface area (Å²) in [7, 11) is 1.93. The Morgan fingerprint density at radius 3 is 3.09 bits per heavy atom. The molecule has 0 N–H and O–H groups in total. The van der Waals surface area contributed by atoms with E-state index in [4.69, 9.17) is 4.52 Å². The lowest BCUT2D eigenvalue weighted by molar-refractivity contribution is -0.129. The minimum absolute atomic E-state index is 0.137. The van der Waals surface area contributed by atoms with Crippen molar-refractivity contribution >= 4 is 17.7 Å². The summed E-state index contributed by atoms with van der Waals surface area (Å²) in [6.45, 7) is 3.25. The second kappa shape index (κ2) is 6.51. The molecule has 0 aliphatic carbocycles. The highest BCUT2D eigenvalue weighted by molar-refractivity contribution is 7.99. The zero-order chi connectivity index (χ0) is 15.5. The zero-order valence-corrected chi connectivity index (χ0v) is 13.5. The molecule has 1 aliphatic rings. The van der Waals surface area contributed by atoms with Gasteiger partial charge in [0.2, 0.25) is 11.8 Å². The van der Waals surface area contributed by atoms with Gasteiger partial charge < -0.3 is 14.0 Å². The molecule has 3 rings (SSSR count). The van der Waals surface area contributed by atoms with Gasteiger partial charge in [-0.1, -0.05) is 16.9 Å². The van der Waals surface area contributed by atoms with Crippen LogP contribution in [-0.2, 0) is 11.8 Å². The molecule has 0 bridgehead atoms. The van der Waals surface area contributed by atoms with Crippen LogP contribution >= 0.6 is 11.8 Å². The van der Waals surface area contributed by atoms with Crippen molar-refractivity contribution in [1.82, 2.24) is 24.6 Å². The number of thioether (sulfide) groups is 1. The quantitative estimate of drug-likeness (QED) is 0.796. The lowest BCUT2D eigenvalue weighted by atomic mass is 9.97. The third-order valence-electron chi connectivity index (χ3n) is 3.78. The molecule has 118 valence electrons. The fraction of sp³-hybridized carbons (Fsp3) is 0.571. The number of likely N-dealkylation sites (tertiary alicyclic amines) is 1. The largest absolute Gasteiger partial charge is 0.341 e. The molecule has 1 aliphatic heterocycles. The highest BCUT2D eigenvalue weighted by Gasteiger charge is 2.27. The molecule has 1 unspecified atom stereocenters. The third kappa shape index (κ3) is 3.32. The van der Waals surface area contributed by atoms with E-state index in [-0.39, 0.29) is 11.8 Å². The van der Waals surface area contributed by atoms with Crippen LogP contribution in [0.1, 0.15) is 30.5 Å². The highest BCUT2D eigenvalue weighted by atomic mass is 32.2. The molecule has 8 heteroatoms. The molecule has 7 nitrogen and oxygen atoms in total. The van der Waals surface area contributed by atoms with Gasteiger partial charge in [-0.2, -0.15) is 4.98 Å². The third-order valence-corrected chi connectivity index (χ3v) is 4.83. The number of amides is 1. The lowest BCUT2D eigenvalue weighted by Crippen LogP contribution is -2.40. The first-order valence-corrected chi connectivity index (χ1v) is 8.30. The van der Waals surface area contributed by atoms with Crippen molar-refractivity contribution in [3.8, 4) is 0 Å². The van der Waals surface area contributed by atoms with Crippen molar-refractivity contribution in [2.75, 3.05) is 18.8 Å². The SMILES string of the molecule is Cc1nc(C2CCCN(C(=O)CSc3nccn3C)C2)no1.